The monoisotopic (exact) mass is 741 g/mol. The highest BCUT2D eigenvalue weighted by atomic mass is 16.8. The highest BCUT2D eigenvalue weighted by Gasteiger charge is 2.68. The van der Waals surface area contributed by atoms with Gasteiger partial charge in [0.2, 0.25) is 0 Å². The van der Waals surface area contributed by atoms with Gasteiger partial charge in [0.15, 0.2) is 5.79 Å². The van der Waals surface area contributed by atoms with Crippen LogP contribution in [0.15, 0.2) is 24.3 Å². The van der Waals surface area contributed by atoms with Crippen LogP contribution in [0.1, 0.15) is 97.3 Å². The van der Waals surface area contributed by atoms with E-state index in [9.17, 15) is 5.11 Å². The number of aliphatic hydroxyl groups excluding tert-OH is 1. The Bertz CT molecular complexity index is 1370. The molecule has 0 saturated carbocycles. The van der Waals surface area contributed by atoms with Crippen LogP contribution in [0.3, 0.4) is 0 Å². The van der Waals surface area contributed by atoms with Gasteiger partial charge in [0.1, 0.15) is 30.5 Å². The summed E-state index contributed by atoms with van der Waals surface area (Å²) < 4.78 is 60.9. The van der Waals surface area contributed by atoms with Gasteiger partial charge in [0, 0.05) is 38.8 Å². The van der Waals surface area contributed by atoms with E-state index in [4.69, 9.17) is 42.6 Å². The molecular weight excluding hydrogens is 678 g/mol. The third-order valence-electron chi connectivity index (χ3n) is 15.1. The normalized spacial score (nSPS) is 55.5. The summed E-state index contributed by atoms with van der Waals surface area (Å²) in [5.41, 5.74) is 2.35. The van der Waals surface area contributed by atoms with Crippen LogP contribution in [0.25, 0.3) is 0 Å². The minimum absolute atomic E-state index is 0.0272. The van der Waals surface area contributed by atoms with Gasteiger partial charge in [0.05, 0.1) is 73.8 Å². The molecule has 1 spiro atoms. The third-order valence-corrected chi connectivity index (χ3v) is 15.1. The van der Waals surface area contributed by atoms with Crippen molar-refractivity contribution in [3.63, 3.8) is 0 Å². The molecular formula is C42H63NO10. The van der Waals surface area contributed by atoms with Gasteiger partial charge >= 0.3 is 0 Å². The van der Waals surface area contributed by atoms with Crippen molar-refractivity contribution >= 4 is 0 Å². The van der Waals surface area contributed by atoms with Crippen molar-refractivity contribution in [3.8, 4) is 0 Å². The average molecular weight is 742 g/mol. The minimum atomic E-state index is -0.732. The number of aliphatic hydroxyl groups is 1. The van der Waals surface area contributed by atoms with E-state index in [0.29, 0.717) is 25.2 Å². The Labute approximate surface area is 315 Å². The van der Waals surface area contributed by atoms with E-state index in [1.54, 1.807) is 0 Å². The molecule has 1 unspecified atom stereocenters. The zero-order valence-electron chi connectivity index (χ0n) is 31.8. The Morgan fingerprint density at radius 3 is 2.40 bits per heavy atom. The molecule has 11 heteroatoms. The van der Waals surface area contributed by atoms with Gasteiger partial charge in [-0.3, -0.25) is 0 Å². The number of hydrogen-bond donors (Lipinski definition) is 2. The molecule has 11 aliphatic heterocycles. The number of fused-ring (bicyclic) bond motifs is 6. The van der Waals surface area contributed by atoms with Gasteiger partial charge in [-0.05, 0) is 86.7 Å². The number of hydrogen-bond acceptors (Lipinski definition) is 11. The summed E-state index contributed by atoms with van der Waals surface area (Å²) in [7, 11) is 0. The zero-order chi connectivity index (χ0) is 36.0. The van der Waals surface area contributed by atoms with Crippen LogP contribution < -0.4 is 5.32 Å². The number of ether oxygens (including phenoxy) is 9. The summed E-state index contributed by atoms with van der Waals surface area (Å²) in [6.45, 7) is 16.1. The van der Waals surface area contributed by atoms with Crippen molar-refractivity contribution in [2.45, 2.75) is 201 Å². The van der Waals surface area contributed by atoms with E-state index in [-0.39, 0.29) is 103 Å². The van der Waals surface area contributed by atoms with Gasteiger partial charge in [-0.2, -0.15) is 0 Å². The molecule has 0 aromatic heterocycles. The van der Waals surface area contributed by atoms with Crippen LogP contribution in [0.2, 0.25) is 0 Å². The lowest BCUT2D eigenvalue weighted by atomic mass is 9.78. The second kappa shape index (κ2) is 14.5. The fraction of sp³-hybridized carbons (Fsp3) is 0.905. The summed E-state index contributed by atoms with van der Waals surface area (Å²) in [5.74, 6) is 0.0780. The molecule has 11 saturated heterocycles. The van der Waals surface area contributed by atoms with Crippen molar-refractivity contribution in [1.29, 1.82) is 0 Å². The molecule has 296 valence electrons. The molecule has 0 aliphatic carbocycles. The molecule has 20 atom stereocenters. The minimum Gasteiger partial charge on any atom is -0.393 e. The Hall–Kier alpha value is -0.960. The molecule has 11 heterocycles. The first-order chi connectivity index (χ1) is 25.7. The summed E-state index contributed by atoms with van der Waals surface area (Å²) >= 11 is 0. The van der Waals surface area contributed by atoms with Crippen LogP contribution in [-0.2, 0) is 42.6 Å². The maximum absolute atomic E-state index is 11.9. The fourth-order valence-electron chi connectivity index (χ4n) is 12.1. The SMILES string of the molecule is C=C1C[C@@H]2CC[C@@]34C[C@H]5O[C@H]6[C@@H](O3)[C@H]3O[C@H](CC[C@@H]3O[C@H]6[C@H]5O4)CC(O)C[C@@H]3[C@@H](C)[C@@H](C[C@H]4CNCCO4)O[C@H]3C[C@H]3O[C@@H](CC[C@@H]1O2)C[C@@H](C)C3=C. The average Bonchev–Trinajstić information content (AvgIpc) is 3.81. The quantitative estimate of drug-likeness (QED) is 0.390. The van der Waals surface area contributed by atoms with E-state index in [1.165, 1.54) is 11.1 Å². The third kappa shape index (κ3) is 6.83. The Kier molecular flexibility index (Phi) is 9.92. The van der Waals surface area contributed by atoms with E-state index in [0.717, 1.165) is 83.9 Å². The summed E-state index contributed by atoms with van der Waals surface area (Å²) in [4.78, 5) is 0. The zero-order valence-corrected chi connectivity index (χ0v) is 31.8. The van der Waals surface area contributed by atoms with Crippen molar-refractivity contribution in [1.82, 2.24) is 5.32 Å². The van der Waals surface area contributed by atoms with E-state index >= 15 is 0 Å². The lowest BCUT2D eigenvalue weighted by Crippen LogP contribution is -2.61. The van der Waals surface area contributed by atoms with Crippen molar-refractivity contribution in [2.24, 2.45) is 17.8 Å². The highest BCUT2D eigenvalue weighted by Crippen LogP contribution is 2.54. The Morgan fingerprint density at radius 1 is 0.736 bits per heavy atom. The first kappa shape index (κ1) is 36.4. The molecule has 0 aromatic rings. The first-order valence-corrected chi connectivity index (χ1v) is 21.3. The second-order valence-corrected chi connectivity index (χ2v) is 18.6. The Balaban J connectivity index is 0.915. The fourth-order valence-corrected chi connectivity index (χ4v) is 12.1. The van der Waals surface area contributed by atoms with Gasteiger partial charge in [-0.25, -0.2) is 0 Å². The van der Waals surface area contributed by atoms with Crippen molar-refractivity contribution < 1.29 is 47.7 Å². The summed E-state index contributed by atoms with van der Waals surface area (Å²) in [5, 5.41) is 15.3. The number of rotatable bonds is 2. The summed E-state index contributed by atoms with van der Waals surface area (Å²) in [6.07, 6.45) is 9.14. The van der Waals surface area contributed by atoms with Crippen molar-refractivity contribution in [2.75, 3.05) is 19.7 Å². The molecule has 11 nitrogen and oxygen atoms in total. The lowest BCUT2D eigenvalue weighted by Gasteiger charge is -2.47. The van der Waals surface area contributed by atoms with Crippen LogP contribution >= 0.6 is 0 Å². The number of morpholine rings is 1. The van der Waals surface area contributed by atoms with Crippen LogP contribution in [0.5, 0.6) is 0 Å². The smallest absolute Gasteiger partial charge is 0.172 e. The molecule has 53 heavy (non-hydrogen) atoms. The van der Waals surface area contributed by atoms with Gasteiger partial charge in [0.25, 0.3) is 0 Å². The van der Waals surface area contributed by atoms with Crippen LogP contribution in [-0.4, -0.2) is 128 Å². The molecule has 11 aliphatic rings. The molecule has 11 rings (SSSR count). The van der Waals surface area contributed by atoms with Crippen LogP contribution in [0, 0.1) is 17.8 Å². The molecule has 0 radical (unpaired) electrons. The molecule has 0 aromatic carbocycles. The highest BCUT2D eigenvalue weighted by molar-refractivity contribution is 5.15. The largest absolute Gasteiger partial charge is 0.393 e. The van der Waals surface area contributed by atoms with E-state index < -0.39 is 11.9 Å². The van der Waals surface area contributed by atoms with E-state index in [1.807, 2.05) is 0 Å². The van der Waals surface area contributed by atoms with Crippen LogP contribution in [0.4, 0.5) is 0 Å². The standard InChI is InChI=1S/C42H63NO10/c1-21-13-26-5-7-31-22(2)14-28(46-31)9-10-42-19-36-38(52-42)39-40(51-36)41(53-42)37-32(50-39)8-6-27(48-37)15-25(44)16-30-24(4)33(17-29-20-43-11-12-45-29)49-35(30)18-34(47-26)23(21)3/h21,24-41,43-44H,2-3,5-20H2,1,4H3/t21-,24-,25?,26+,27-,28+,29+,30-,31+,32+,33-,34-,35+,36-,37+,38+,39+,40-,41+,42+/m1/s1. The maximum atomic E-state index is 11.9. The predicted octanol–water partition coefficient (Wildman–Crippen LogP) is 4.52. The van der Waals surface area contributed by atoms with Gasteiger partial charge in [-0.1, -0.05) is 27.0 Å². The molecule has 0 amide bonds. The first-order valence-electron chi connectivity index (χ1n) is 21.3. The molecule has 2 N–H and O–H groups in total. The molecule has 11 fully saturated rings. The number of nitrogens with one attached hydrogen (secondary N) is 1. The predicted molar refractivity (Wildman–Crippen MR) is 193 cm³/mol. The maximum Gasteiger partial charge on any atom is 0.172 e. The Morgan fingerprint density at radius 2 is 1.53 bits per heavy atom. The van der Waals surface area contributed by atoms with Crippen molar-refractivity contribution in [3.05, 3.63) is 24.3 Å². The summed E-state index contributed by atoms with van der Waals surface area (Å²) in [6, 6.07) is 0. The van der Waals surface area contributed by atoms with Gasteiger partial charge in [-0.15, -0.1) is 0 Å². The molecule has 12 bridgehead atoms. The van der Waals surface area contributed by atoms with Gasteiger partial charge < -0.3 is 53.1 Å². The second-order valence-electron chi connectivity index (χ2n) is 18.6. The topological polar surface area (TPSA) is 115 Å². The van der Waals surface area contributed by atoms with E-state index in [2.05, 4.69) is 32.3 Å². The lowest BCUT2D eigenvalue weighted by molar-refractivity contribution is -0.294.